The van der Waals surface area contributed by atoms with Crippen LogP contribution < -0.4 is 0 Å². The van der Waals surface area contributed by atoms with Crippen molar-refractivity contribution in [3.8, 4) is 0 Å². The molecule has 3 aliphatic rings. The molecule has 0 radical (unpaired) electrons. The molecule has 2 nitrogen and oxygen atoms in total. The van der Waals surface area contributed by atoms with Gasteiger partial charge < -0.3 is 0 Å². The van der Waals surface area contributed by atoms with E-state index in [1.54, 1.807) is 22.7 Å². The van der Waals surface area contributed by atoms with E-state index in [0.717, 1.165) is 65.3 Å². The lowest BCUT2D eigenvalue weighted by molar-refractivity contribution is 0.111. The van der Waals surface area contributed by atoms with Crippen molar-refractivity contribution in [2.75, 3.05) is 0 Å². The van der Waals surface area contributed by atoms with Gasteiger partial charge in [-0.3, -0.25) is 9.59 Å². The molecule has 0 N–H and O–H groups in total. The van der Waals surface area contributed by atoms with Crippen molar-refractivity contribution in [3.63, 3.8) is 0 Å². The fourth-order valence-corrected chi connectivity index (χ4v) is 18.6. The number of benzene rings is 4. The van der Waals surface area contributed by atoms with Crippen molar-refractivity contribution in [3.05, 3.63) is 205 Å². The van der Waals surface area contributed by atoms with E-state index in [0.29, 0.717) is 0 Å². The Labute approximate surface area is 506 Å². The third kappa shape index (κ3) is 15.4. The maximum Gasteiger partial charge on any atom is 0.160 e. The summed E-state index contributed by atoms with van der Waals surface area (Å²) in [6.07, 6.45) is 32.1. The first-order valence-corrected chi connectivity index (χ1v) is 35.7. The van der Waals surface area contributed by atoms with Gasteiger partial charge in [0.2, 0.25) is 0 Å². The summed E-state index contributed by atoms with van der Waals surface area (Å²) in [6, 6.07) is 41.9. The van der Waals surface area contributed by atoms with Gasteiger partial charge in [-0.15, -0.1) is 58.0 Å². The molecule has 2 aromatic heterocycles. The molecule has 8 heteroatoms. The van der Waals surface area contributed by atoms with Crippen LogP contribution in [-0.4, -0.2) is 12.6 Å². The normalized spacial score (nSPS) is 16.7. The smallest absolute Gasteiger partial charge is 0.160 e. The van der Waals surface area contributed by atoms with E-state index < -0.39 is 5.41 Å². The summed E-state index contributed by atoms with van der Waals surface area (Å²) in [7, 11) is 0. The van der Waals surface area contributed by atoms with E-state index in [2.05, 4.69) is 156 Å². The molecule has 2 unspecified atom stereocenters. The van der Waals surface area contributed by atoms with E-state index in [4.69, 9.17) is 0 Å². The first kappa shape index (κ1) is 60.6. The molecule has 6 aromatic rings. The Kier molecular flexibility index (Phi) is 23.1. The Bertz CT molecular complexity index is 3050. The average molecular weight is 1170 g/mol. The Morgan fingerprint density at radius 3 is 1.31 bits per heavy atom. The largest absolute Gasteiger partial charge is 0.297 e. The van der Waals surface area contributed by atoms with Crippen LogP contribution in [0.2, 0.25) is 0 Å². The lowest BCUT2D eigenvalue weighted by atomic mass is 9.72. The van der Waals surface area contributed by atoms with Crippen LogP contribution in [0.25, 0.3) is 16.7 Å². The van der Waals surface area contributed by atoms with Gasteiger partial charge in [0.15, 0.2) is 12.6 Å². The zero-order valence-corrected chi connectivity index (χ0v) is 53.2. The lowest BCUT2D eigenvalue weighted by Gasteiger charge is -2.33. The van der Waals surface area contributed by atoms with Gasteiger partial charge in [0, 0.05) is 62.9 Å². The number of hydrogen-bond donors (Lipinski definition) is 0. The van der Waals surface area contributed by atoms with Gasteiger partial charge in [0.25, 0.3) is 0 Å². The summed E-state index contributed by atoms with van der Waals surface area (Å²) >= 11 is 11.1. The molecule has 4 aromatic carbocycles. The summed E-state index contributed by atoms with van der Waals surface area (Å²) < 4.78 is 2.59. The fraction of sp³-hybridized carbons (Fsp3) is 0.417. The molecule has 80 heavy (non-hydrogen) atoms. The van der Waals surface area contributed by atoms with Crippen molar-refractivity contribution in [2.45, 2.75) is 191 Å². The molecular formula is C72H84O2S6. The van der Waals surface area contributed by atoms with Gasteiger partial charge >= 0.3 is 0 Å². The number of carbonyl (C=O) groups excluding carboxylic acids is 2. The van der Waals surface area contributed by atoms with Crippen LogP contribution >= 0.6 is 69.7 Å². The van der Waals surface area contributed by atoms with Crippen molar-refractivity contribution in [1.29, 1.82) is 0 Å². The summed E-state index contributed by atoms with van der Waals surface area (Å²) in [4.78, 5) is 31.0. The standard InChI is InChI=1S/C72H84O2S6/c1-6-10-14-18-22-51-26-32-55(33-27-51)48-75-70(76-49-56-34-28-52(29-35-56)23-19-15-11-7-2)66-62-42-59(46-73)78-68(62)61-44-65-67(63-43-60(47-74)79-69(63)72(65,5)45-64(61)66)71(80-58-40-38-54(39-41-58)25-21-17-13-9-4)77-50-57-36-30-53(31-37-57)24-20-16-12-8-3/h26-47,65H,6-25,48-50H2,1-5H3/b71-67+. The third-order valence-electron chi connectivity index (χ3n) is 16.3. The second-order valence-corrected chi connectivity index (χ2v) is 29.3. The van der Waals surface area contributed by atoms with Crippen LogP contribution in [0.4, 0.5) is 0 Å². The summed E-state index contributed by atoms with van der Waals surface area (Å²) in [6.45, 7) is 11.5. The van der Waals surface area contributed by atoms with E-state index in [-0.39, 0.29) is 5.92 Å². The van der Waals surface area contributed by atoms with Gasteiger partial charge in [0.05, 0.1) is 9.75 Å². The molecule has 0 aliphatic heterocycles. The molecule has 0 saturated heterocycles. The van der Waals surface area contributed by atoms with Crippen LogP contribution in [0.15, 0.2) is 140 Å². The second kappa shape index (κ2) is 30.5. The number of aryl methyl sites for hydroxylation is 4. The minimum atomic E-state index is -0.406. The van der Waals surface area contributed by atoms with Crippen LogP contribution in [0, 0.1) is 5.92 Å². The number of unbranched alkanes of at least 4 members (excludes halogenated alkanes) is 12. The average Bonchev–Trinajstić information content (AvgIpc) is 4.33. The number of rotatable bonds is 33. The monoisotopic (exact) mass is 1170 g/mol. The van der Waals surface area contributed by atoms with Crippen molar-refractivity contribution in [1.82, 2.24) is 0 Å². The second-order valence-electron chi connectivity index (χ2n) is 22.6. The quantitative estimate of drug-likeness (QED) is 0.0232. The Hall–Kier alpha value is -4.02. The lowest BCUT2D eigenvalue weighted by Crippen LogP contribution is -2.27. The molecule has 3 aliphatic carbocycles. The predicted octanol–water partition coefficient (Wildman–Crippen LogP) is 22.8. The molecule has 0 bridgehead atoms. The molecule has 0 spiro atoms. The summed E-state index contributed by atoms with van der Waals surface area (Å²) in [5, 5.41) is 0. The van der Waals surface area contributed by atoms with Crippen LogP contribution in [0.3, 0.4) is 0 Å². The van der Waals surface area contributed by atoms with E-state index in [1.165, 1.54) is 198 Å². The summed E-state index contributed by atoms with van der Waals surface area (Å²) in [5.41, 5.74) is 16.7. The van der Waals surface area contributed by atoms with Crippen LogP contribution in [-0.2, 0) is 48.4 Å². The third-order valence-corrected chi connectivity index (χ3v) is 23.8. The molecule has 2 atom stereocenters. The number of thiophene rings is 2. The number of thioether (sulfide) groups is 4. The maximum absolute atomic E-state index is 12.9. The first-order valence-electron chi connectivity index (χ1n) is 30.3. The number of hydrogen-bond acceptors (Lipinski definition) is 8. The Morgan fingerprint density at radius 1 is 0.475 bits per heavy atom. The Balaban J connectivity index is 1.11. The first-order chi connectivity index (χ1) is 39.2. The maximum atomic E-state index is 12.9. The molecular weight excluding hydrogens is 1090 g/mol. The van der Waals surface area contributed by atoms with Gasteiger partial charge in [-0.05, 0) is 137 Å². The highest BCUT2D eigenvalue weighted by Gasteiger charge is 2.51. The highest BCUT2D eigenvalue weighted by atomic mass is 32.2. The number of allylic oxidation sites excluding steroid dienone is 6. The molecule has 9 rings (SSSR count). The number of fused-ring (bicyclic) bond motifs is 6. The molecule has 2 heterocycles. The minimum absolute atomic E-state index is 0.0280. The highest BCUT2D eigenvalue weighted by Crippen LogP contribution is 2.65. The van der Waals surface area contributed by atoms with Crippen LogP contribution in [0.5, 0.6) is 0 Å². The predicted molar refractivity (Wildman–Crippen MR) is 357 cm³/mol. The van der Waals surface area contributed by atoms with Crippen LogP contribution in [0.1, 0.15) is 217 Å². The summed E-state index contributed by atoms with van der Waals surface area (Å²) in [5.74, 6) is 2.59. The zero-order valence-electron chi connectivity index (χ0n) is 48.3. The van der Waals surface area contributed by atoms with E-state index in [1.807, 2.05) is 47.0 Å². The molecule has 0 fully saturated rings. The highest BCUT2D eigenvalue weighted by molar-refractivity contribution is 8.22. The van der Waals surface area contributed by atoms with Crippen molar-refractivity contribution < 1.29 is 9.59 Å². The van der Waals surface area contributed by atoms with Gasteiger partial charge in [-0.2, -0.15) is 0 Å². The topological polar surface area (TPSA) is 34.1 Å². The van der Waals surface area contributed by atoms with Gasteiger partial charge in [0.1, 0.15) is 0 Å². The van der Waals surface area contributed by atoms with Crippen molar-refractivity contribution in [2.24, 2.45) is 5.92 Å². The molecule has 0 saturated carbocycles. The minimum Gasteiger partial charge on any atom is -0.297 e. The Morgan fingerprint density at radius 2 is 0.875 bits per heavy atom. The molecule has 420 valence electrons. The zero-order chi connectivity index (χ0) is 55.7. The number of aldehydes is 2. The van der Waals surface area contributed by atoms with E-state index in [9.17, 15) is 9.59 Å². The van der Waals surface area contributed by atoms with Crippen molar-refractivity contribution >= 4 is 99.0 Å². The SMILES string of the molecule is CCCCCCc1ccc(CSC(SCc2ccc(CCCCCC)cc2)=C2C3=CC4(C)c5sc(C=O)cc5/C(=C(/SCc5ccc(CCCCCC)cc5)Sc5ccc(CCCCCC)cc5)C4C=C3c3sc(C=O)cc32)cc1. The number of carbonyl (C=O) groups is 2. The fourth-order valence-electron chi connectivity index (χ4n) is 11.6. The van der Waals surface area contributed by atoms with Gasteiger partial charge in [-0.25, -0.2) is 0 Å². The molecule has 0 amide bonds. The van der Waals surface area contributed by atoms with E-state index >= 15 is 0 Å². The van der Waals surface area contributed by atoms with Gasteiger partial charge in [-0.1, -0.05) is 221 Å².